The number of halogens is 2. The molecule has 0 spiro atoms. The lowest BCUT2D eigenvalue weighted by molar-refractivity contribution is -0.420. The highest BCUT2D eigenvalue weighted by Gasteiger charge is 2.13. The van der Waals surface area contributed by atoms with Crippen molar-refractivity contribution in [3.05, 3.63) is 33.6 Å². The fraction of sp³-hybridized carbons (Fsp3) is 0. The van der Waals surface area contributed by atoms with Gasteiger partial charge in [0.2, 0.25) is 6.20 Å². The highest BCUT2D eigenvalue weighted by molar-refractivity contribution is 6.32. The zero-order valence-corrected chi connectivity index (χ0v) is 6.76. The Morgan fingerprint density at radius 1 is 1.64 bits per heavy atom. The minimum Gasteiger partial charge on any atom is -1.00 e. The molecular formula is C5H4Cl2N2O2. The molecule has 0 atom stereocenters. The second-order valence-corrected chi connectivity index (χ2v) is 2.04. The molecule has 0 saturated heterocycles. The van der Waals surface area contributed by atoms with Gasteiger partial charge in [0.25, 0.3) is 0 Å². The van der Waals surface area contributed by atoms with E-state index in [-0.39, 0.29) is 23.1 Å². The Morgan fingerprint density at radius 2 is 2.27 bits per heavy atom. The van der Waals surface area contributed by atoms with Gasteiger partial charge >= 0.3 is 5.69 Å². The van der Waals surface area contributed by atoms with E-state index >= 15 is 0 Å². The number of H-pyrrole nitrogens is 1. The average molecular weight is 195 g/mol. The number of hydrogen-bond acceptors (Lipinski definition) is 2. The van der Waals surface area contributed by atoms with Crippen LogP contribution in [0.15, 0.2) is 18.5 Å². The predicted molar refractivity (Wildman–Crippen MR) is 34.7 cm³/mol. The van der Waals surface area contributed by atoms with E-state index in [9.17, 15) is 10.1 Å². The lowest BCUT2D eigenvalue weighted by Gasteiger charge is -1.86. The monoisotopic (exact) mass is 194 g/mol. The summed E-state index contributed by atoms with van der Waals surface area (Å²) in [6, 6.07) is 1.43. The van der Waals surface area contributed by atoms with Crippen molar-refractivity contribution in [1.29, 1.82) is 0 Å². The third kappa shape index (κ3) is 2.32. The zero-order chi connectivity index (χ0) is 7.56. The van der Waals surface area contributed by atoms with E-state index in [2.05, 4.69) is 4.98 Å². The summed E-state index contributed by atoms with van der Waals surface area (Å²) < 4.78 is 0. The molecule has 0 amide bonds. The molecule has 1 aromatic rings. The van der Waals surface area contributed by atoms with Gasteiger partial charge in [0.1, 0.15) is 5.02 Å². The van der Waals surface area contributed by atoms with Gasteiger partial charge in [-0.15, -0.1) is 0 Å². The number of nitrogens with one attached hydrogen (secondary N) is 1. The quantitative estimate of drug-likeness (QED) is 0.387. The molecule has 0 radical (unpaired) electrons. The summed E-state index contributed by atoms with van der Waals surface area (Å²) in [6.07, 6.45) is 2.76. The van der Waals surface area contributed by atoms with E-state index in [0.717, 1.165) is 0 Å². The van der Waals surface area contributed by atoms with E-state index in [4.69, 9.17) is 11.6 Å². The maximum atomic E-state index is 10.1. The molecule has 0 saturated carbocycles. The van der Waals surface area contributed by atoms with Crippen molar-refractivity contribution in [1.82, 2.24) is 0 Å². The highest BCUT2D eigenvalue weighted by Crippen LogP contribution is 2.19. The van der Waals surface area contributed by atoms with Gasteiger partial charge in [-0.1, -0.05) is 11.6 Å². The first-order valence-electron chi connectivity index (χ1n) is 2.52. The summed E-state index contributed by atoms with van der Waals surface area (Å²) in [4.78, 5) is 12.1. The Labute approximate surface area is 73.8 Å². The maximum Gasteiger partial charge on any atom is 0.350 e. The van der Waals surface area contributed by atoms with Crippen LogP contribution in [0.2, 0.25) is 5.02 Å². The van der Waals surface area contributed by atoms with Crippen LogP contribution in [-0.4, -0.2) is 4.92 Å². The van der Waals surface area contributed by atoms with Crippen molar-refractivity contribution in [3.63, 3.8) is 0 Å². The van der Waals surface area contributed by atoms with E-state index < -0.39 is 4.92 Å². The van der Waals surface area contributed by atoms with Crippen LogP contribution in [0, 0.1) is 10.1 Å². The fourth-order valence-electron chi connectivity index (χ4n) is 0.543. The molecule has 0 unspecified atom stereocenters. The molecular weight excluding hydrogens is 191 g/mol. The van der Waals surface area contributed by atoms with Crippen molar-refractivity contribution >= 4 is 17.3 Å². The summed E-state index contributed by atoms with van der Waals surface area (Å²) in [5, 5.41) is 10.3. The number of nitrogens with zero attached hydrogens (tertiary/aromatic N) is 1. The summed E-state index contributed by atoms with van der Waals surface area (Å²) in [7, 11) is 0. The lowest BCUT2D eigenvalue weighted by atomic mass is 10.4. The third-order valence-electron chi connectivity index (χ3n) is 0.987. The molecule has 11 heavy (non-hydrogen) atoms. The van der Waals surface area contributed by atoms with Crippen LogP contribution in [0.25, 0.3) is 0 Å². The topological polar surface area (TPSA) is 57.3 Å². The third-order valence-corrected chi connectivity index (χ3v) is 1.31. The van der Waals surface area contributed by atoms with E-state index in [1.165, 1.54) is 18.5 Å². The molecule has 0 aliphatic rings. The first kappa shape index (κ1) is 10.1. The standard InChI is InChI=1S/C5H3ClN2O2.ClH/c6-4-1-2-7-3-5(4)8(9)10;/h1-3H;1H. The first-order chi connectivity index (χ1) is 4.72. The minimum atomic E-state index is -0.543. The van der Waals surface area contributed by atoms with Gasteiger partial charge in [-0.2, -0.15) is 0 Å². The van der Waals surface area contributed by atoms with Gasteiger partial charge in [0.05, 0.1) is 4.92 Å². The normalized spacial score (nSPS) is 8.45. The lowest BCUT2D eigenvalue weighted by Crippen LogP contribution is -3.00. The van der Waals surface area contributed by atoms with Crippen LogP contribution in [0.5, 0.6) is 0 Å². The summed E-state index contributed by atoms with van der Waals surface area (Å²) >= 11 is 5.46. The summed E-state index contributed by atoms with van der Waals surface area (Å²) in [5.74, 6) is 0. The second kappa shape index (κ2) is 4.10. The van der Waals surface area contributed by atoms with Gasteiger partial charge in [-0.05, 0) is 0 Å². The Kier molecular flexibility index (Phi) is 3.78. The molecule has 0 bridgehead atoms. The zero-order valence-electron chi connectivity index (χ0n) is 5.25. The van der Waals surface area contributed by atoms with Gasteiger partial charge in [0.15, 0.2) is 6.20 Å². The van der Waals surface area contributed by atoms with Crippen molar-refractivity contribution in [2.75, 3.05) is 0 Å². The van der Waals surface area contributed by atoms with Crippen LogP contribution in [-0.2, 0) is 0 Å². The molecule has 0 aliphatic heterocycles. The highest BCUT2D eigenvalue weighted by atomic mass is 35.5. The number of hydrogen-bond donors (Lipinski definition) is 0. The molecule has 0 fully saturated rings. The van der Waals surface area contributed by atoms with Crippen LogP contribution in [0.3, 0.4) is 0 Å². The van der Waals surface area contributed by atoms with E-state index in [1.54, 1.807) is 0 Å². The van der Waals surface area contributed by atoms with Crippen molar-refractivity contribution in [2.45, 2.75) is 0 Å². The Hall–Kier alpha value is -0.870. The Balaban J connectivity index is 0.000001000. The fourth-order valence-corrected chi connectivity index (χ4v) is 0.729. The van der Waals surface area contributed by atoms with Crippen LogP contribution >= 0.6 is 11.6 Å². The SMILES string of the molecule is O=[N+]([O-])c1c[nH+]ccc1Cl.[Cl-]. The molecule has 1 N–H and O–H groups in total. The van der Waals surface area contributed by atoms with Gasteiger partial charge in [0, 0.05) is 6.07 Å². The largest absolute Gasteiger partial charge is 1.00 e. The molecule has 1 heterocycles. The number of nitro groups is 1. The Bertz CT molecular complexity index is 266. The van der Waals surface area contributed by atoms with Crippen molar-refractivity contribution < 1.29 is 22.3 Å². The molecule has 4 nitrogen and oxygen atoms in total. The van der Waals surface area contributed by atoms with Crippen LogP contribution in [0.4, 0.5) is 5.69 Å². The minimum absolute atomic E-state index is 0. The number of rotatable bonds is 1. The summed E-state index contributed by atoms with van der Waals surface area (Å²) in [5.41, 5.74) is -0.107. The smallest absolute Gasteiger partial charge is 0.350 e. The molecule has 0 aliphatic carbocycles. The number of aromatic nitrogens is 1. The molecule has 6 heteroatoms. The van der Waals surface area contributed by atoms with E-state index in [1.807, 2.05) is 0 Å². The molecule has 1 aromatic heterocycles. The Morgan fingerprint density at radius 3 is 2.64 bits per heavy atom. The first-order valence-corrected chi connectivity index (χ1v) is 2.89. The van der Waals surface area contributed by atoms with Crippen LogP contribution < -0.4 is 17.4 Å². The predicted octanol–water partition coefficient (Wildman–Crippen LogP) is -1.93. The van der Waals surface area contributed by atoms with Gasteiger partial charge in [-0.25, -0.2) is 4.98 Å². The van der Waals surface area contributed by atoms with Crippen molar-refractivity contribution in [2.24, 2.45) is 0 Å². The second-order valence-electron chi connectivity index (χ2n) is 1.63. The molecule has 1 rings (SSSR count). The summed E-state index contributed by atoms with van der Waals surface area (Å²) in [6.45, 7) is 0. The number of aromatic amines is 1. The van der Waals surface area contributed by atoms with Crippen molar-refractivity contribution in [3.8, 4) is 0 Å². The molecule has 60 valence electrons. The van der Waals surface area contributed by atoms with Gasteiger partial charge < -0.3 is 12.4 Å². The number of pyridine rings is 1. The average Bonchev–Trinajstić information content (AvgIpc) is 1.88. The van der Waals surface area contributed by atoms with Gasteiger partial charge in [-0.3, -0.25) is 10.1 Å². The molecule has 0 aromatic carbocycles. The van der Waals surface area contributed by atoms with E-state index in [0.29, 0.717) is 0 Å². The maximum absolute atomic E-state index is 10.1. The van der Waals surface area contributed by atoms with Crippen LogP contribution in [0.1, 0.15) is 0 Å².